The van der Waals surface area contributed by atoms with Gasteiger partial charge in [0.15, 0.2) is 6.80 Å². The number of benzene rings is 2. The molecule has 1 aliphatic heterocycles. The number of aromatic nitrogens is 3. The van der Waals surface area contributed by atoms with Crippen LogP contribution in [0.5, 0.6) is 0 Å². The first-order chi connectivity index (χ1) is 15.3. The molecule has 1 amide bonds. The van der Waals surface area contributed by atoms with Crippen molar-refractivity contribution in [3.8, 4) is 11.1 Å². The Labute approximate surface area is 172 Å². The van der Waals surface area contributed by atoms with Gasteiger partial charge < -0.3 is 4.90 Å². The molecule has 2 aromatic carbocycles. The molecule has 5 nitrogen and oxygen atoms in total. The van der Waals surface area contributed by atoms with Crippen molar-refractivity contribution in [1.29, 1.82) is 0 Å². The summed E-state index contributed by atoms with van der Waals surface area (Å²) in [6, 6.07) is 10.1. The number of rotatable bonds is 4. The van der Waals surface area contributed by atoms with Crippen LogP contribution in [0.3, 0.4) is 0 Å². The normalized spacial score (nSPS) is 16.0. The summed E-state index contributed by atoms with van der Waals surface area (Å²) in [7, 11) is 0. The molecule has 0 saturated heterocycles. The van der Waals surface area contributed by atoms with Gasteiger partial charge in [-0.3, -0.25) is 9.78 Å². The number of nitrogens with zero attached hydrogens (tertiary/aromatic N) is 4. The zero-order valence-corrected chi connectivity index (χ0v) is 15.4. The van der Waals surface area contributed by atoms with Gasteiger partial charge in [0, 0.05) is 23.3 Å². The number of carbonyl (C=O) groups is 1. The lowest BCUT2D eigenvalue weighted by atomic mass is 9.99. The Balaban J connectivity index is 1.54. The molecular formula is C22H15F3N4O. The van der Waals surface area contributed by atoms with Gasteiger partial charge in [0.05, 0.1) is 32.6 Å². The third kappa shape index (κ3) is 2.92. The third-order valence-corrected chi connectivity index (χ3v) is 5.01. The molecule has 1 aliphatic rings. The summed E-state index contributed by atoms with van der Waals surface area (Å²) in [6.07, 6.45) is 2.81. The van der Waals surface area contributed by atoms with Gasteiger partial charge in [-0.2, -0.15) is 5.10 Å². The van der Waals surface area contributed by atoms with E-state index >= 15 is 8.78 Å². The third-order valence-electron chi connectivity index (χ3n) is 5.01. The molecule has 0 atom stereocenters. The molecule has 0 saturated carbocycles. The van der Waals surface area contributed by atoms with Crippen molar-refractivity contribution >= 4 is 16.8 Å². The second-order valence-corrected chi connectivity index (χ2v) is 6.85. The highest BCUT2D eigenvalue weighted by molar-refractivity contribution is 5.97. The van der Waals surface area contributed by atoms with E-state index in [0.29, 0.717) is 16.5 Å². The molecule has 5 rings (SSSR count). The smallest absolute Gasteiger partial charge is 0.256 e. The standard InChI is InChI=1S/C22H15F3N4O/c23-12-29-10-16-14(3-1-5-20(16)27-29)13-7-18(24)17(19(25)8-13)9-28-11-21-15(22(28)30)4-2-6-26-21/h1-8,10H,9,11-12H2/i11D2. The highest BCUT2D eigenvalue weighted by atomic mass is 19.1. The Morgan fingerprint density at radius 3 is 2.60 bits per heavy atom. The lowest BCUT2D eigenvalue weighted by Crippen LogP contribution is -2.24. The summed E-state index contributed by atoms with van der Waals surface area (Å²) in [5, 5.41) is 4.59. The topological polar surface area (TPSA) is 51.0 Å². The number of carbonyl (C=O) groups excluding carboxylic acids is 1. The van der Waals surface area contributed by atoms with Gasteiger partial charge in [-0.15, -0.1) is 0 Å². The van der Waals surface area contributed by atoms with Crippen molar-refractivity contribution in [2.24, 2.45) is 0 Å². The molecule has 0 N–H and O–H groups in total. The van der Waals surface area contributed by atoms with Crippen molar-refractivity contribution in [3.05, 3.63) is 83.3 Å². The fourth-order valence-electron chi connectivity index (χ4n) is 3.58. The molecule has 150 valence electrons. The number of halogens is 3. The minimum absolute atomic E-state index is 0.0616. The number of hydrogen-bond donors (Lipinski definition) is 0. The average Bonchev–Trinajstić information content (AvgIpc) is 3.28. The molecule has 0 radical (unpaired) electrons. The summed E-state index contributed by atoms with van der Waals surface area (Å²) < 4.78 is 60.6. The summed E-state index contributed by atoms with van der Waals surface area (Å²) >= 11 is 0. The quantitative estimate of drug-likeness (QED) is 0.499. The first-order valence-electron chi connectivity index (χ1n) is 10.1. The van der Waals surface area contributed by atoms with E-state index in [1.54, 1.807) is 18.2 Å². The monoisotopic (exact) mass is 410 g/mol. The molecule has 0 aliphatic carbocycles. The van der Waals surface area contributed by atoms with Gasteiger partial charge in [0.25, 0.3) is 5.91 Å². The van der Waals surface area contributed by atoms with Crippen LogP contribution in [-0.4, -0.2) is 25.6 Å². The number of amides is 1. The van der Waals surface area contributed by atoms with Crippen molar-refractivity contribution < 1.29 is 20.7 Å². The van der Waals surface area contributed by atoms with Crippen LogP contribution in [0.1, 0.15) is 24.4 Å². The lowest BCUT2D eigenvalue weighted by molar-refractivity contribution is 0.0763. The number of pyridine rings is 1. The van der Waals surface area contributed by atoms with Crippen molar-refractivity contribution in [3.63, 3.8) is 0 Å². The van der Waals surface area contributed by atoms with Gasteiger partial charge in [-0.05, 0) is 41.5 Å². The zero-order valence-electron chi connectivity index (χ0n) is 17.4. The maximum absolute atomic E-state index is 15.0. The van der Waals surface area contributed by atoms with Crippen LogP contribution in [0, 0.1) is 11.6 Å². The molecule has 30 heavy (non-hydrogen) atoms. The molecule has 4 aromatic rings. The summed E-state index contributed by atoms with van der Waals surface area (Å²) in [4.78, 5) is 17.4. The minimum Gasteiger partial charge on any atom is -0.328 e. The molecule has 3 heterocycles. The molecule has 0 bridgehead atoms. The molecule has 8 heteroatoms. The highest BCUT2D eigenvalue weighted by Crippen LogP contribution is 2.32. The van der Waals surface area contributed by atoms with Gasteiger partial charge in [-0.25, -0.2) is 17.9 Å². The van der Waals surface area contributed by atoms with Crippen molar-refractivity contribution in [2.75, 3.05) is 0 Å². The van der Waals surface area contributed by atoms with E-state index in [-0.39, 0.29) is 16.8 Å². The van der Waals surface area contributed by atoms with Crippen LogP contribution in [0.2, 0.25) is 0 Å². The van der Waals surface area contributed by atoms with E-state index < -0.39 is 42.9 Å². The van der Waals surface area contributed by atoms with Gasteiger partial charge in [0.2, 0.25) is 0 Å². The Morgan fingerprint density at radius 1 is 1.10 bits per heavy atom. The molecular weight excluding hydrogens is 393 g/mol. The van der Waals surface area contributed by atoms with E-state index in [1.807, 2.05) is 0 Å². The second kappa shape index (κ2) is 6.98. The van der Waals surface area contributed by atoms with E-state index in [1.165, 1.54) is 24.5 Å². The van der Waals surface area contributed by atoms with Gasteiger partial charge in [-0.1, -0.05) is 12.1 Å². The van der Waals surface area contributed by atoms with E-state index in [4.69, 9.17) is 2.74 Å². The number of alkyl halides is 1. The van der Waals surface area contributed by atoms with Gasteiger partial charge >= 0.3 is 0 Å². The Morgan fingerprint density at radius 2 is 1.87 bits per heavy atom. The van der Waals surface area contributed by atoms with Crippen LogP contribution in [0.4, 0.5) is 13.2 Å². The first kappa shape index (κ1) is 16.2. The van der Waals surface area contributed by atoms with Crippen LogP contribution >= 0.6 is 0 Å². The fourth-order valence-corrected chi connectivity index (χ4v) is 3.58. The number of hydrogen-bond acceptors (Lipinski definition) is 3. The predicted molar refractivity (Wildman–Crippen MR) is 104 cm³/mol. The maximum atomic E-state index is 15.0. The Bertz CT molecular complexity index is 1370. The summed E-state index contributed by atoms with van der Waals surface area (Å²) in [6.45, 7) is -3.75. The first-order valence-corrected chi connectivity index (χ1v) is 9.09. The van der Waals surface area contributed by atoms with E-state index in [2.05, 4.69) is 10.1 Å². The van der Waals surface area contributed by atoms with Crippen LogP contribution in [-0.2, 0) is 19.8 Å². The van der Waals surface area contributed by atoms with E-state index in [0.717, 1.165) is 21.7 Å². The second-order valence-electron chi connectivity index (χ2n) is 6.85. The largest absolute Gasteiger partial charge is 0.328 e. The zero-order chi connectivity index (χ0) is 22.6. The fraction of sp³-hybridized carbons (Fsp3) is 0.136. The van der Waals surface area contributed by atoms with E-state index in [9.17, 15) is 9.18 Å². The SMILES string of the molecule is [2H]C1([2H])c2ncccc2C(=O)N1Cc1c(F)cc(-c2cccc3nn(CF)cc23)cc1F. The Hall–Kier alpha value is -3.68. The van der Waals surface area contributed by atoms with Gasteiger partial charge in [0.1, 0.15) is 11.6 Å². The molecule has 0 spiro atoms. The average molecular weight is 410 g/mol. The van der Waals surface area contributed by atoms with Crippen LogP contribution in [0.25, 0.3) is 22.0 Å². The minimum atomic E-state index is -2.31. The Kier molecular flexibility index (Phi) is 3.76. The molecule has 0 unspecified atom stereocenters. The number of fused-ring (bicyclic) bond motifs is 2. The predicted octanol–water partition coefficient (Wildman–Crippen LogP) is 4.46. The molecule has 0 fully saturated rings. The van der Waals surface area contributed by atoms with Crippen molar-refractivity contribution in [2.45, 2.75) is 19.8 Å². The lowest BCUT2D eigenvalue weighted by Gasteiger charge is -2.17. The van der Waals surface area contributed by atoms with Crippen molar-refractivity contribution in [1.82, 2.24) is 19.7 Å². The molecule has 2 aromatic heterocycles. The van der Waals surface area contributed by atoms with Crippen LogP contribution in [0.15, 0.2) is 54.9 Å². The highest BCUT2D eigenvalue weighted by Gasteiger charge is 2.29. The van der Waals surface area contributed by atoms with Crippen LogP contribution < -0.4 is 0 Å². The maximum Gasteiger partial charge on any atom is 0.256 e. The summed E-state index contributed by atoms with van der Waals surface area (Å²) in [5.74, 6) is -2.55. The summed E-state index contributed by atoms with van der Waals surface area (Å²) in [5.41, 5.74) is 0.700.